The van der Waals surface area contributed by atoms with Gasteiger partial charge < -0.3 is 4.90 Å². The largest absolute Gasteiger partial charge is 0.336 e. The number of carbonyl (C=O) groups is 1. The fraction of sp³-hybridized carbons (Fsp3) is 0.346. The number of carbonyl (C=O) groups excluding carboxylic acids is 1. The van der Waals surface area contributed by atoms with Crippen molar-refractivity contribution < 1.29 is 13.2 Å². The minimum Gasteiger partial charge on any atom is -0.336 e. The zero-order valence-corrected chi connectivity index (χ0v) is 19.7. The molecule has 0 aliphatic carbocycles. The van der Waals surface area contributed by atoms with Crippen molar-refractivity contribution in [2.45, 2.75) is 19.4 Å². The van der Waals surface area contributed by atoms with Crippen molar-refractivity contribution >= 4 is 32.4 Å². The van der Waals surface area contributed by atoms with Gasteiger partial charge in [0.05, 0.1) is 11.9 Å². The lowest BCUT2D eigenvalue weighted by atomic mass is 10.00. The molecule has 1 saturated heterocycles. The summed E-state index contributed by atoms with van der Waals surface area (Å²) in [5.74, 6) is 0.0269. The van der Waals surface area contributed by atoms with Crippen LogP contribution in [0.3, 0.4) is 0 Å². The average molecular weight is 464 g/mol. The van der Waals surface area contributed by atoms with E-state index >= 15 is 0 Å². The second-order valence-corrected chi connectivity index (χ2v) is 10.9. The van der Waals surface area contributed by atoms with Gasteiger partial charge in [-0.3, -0.25) is 14.0 Å². The number of anilines is 1. The molecule has 0 unspecified atom stereocenters. The van der Waals surface area contributed by atoms with Crippen LogP contribution in [0.2, 0.25) is 0 Å². The number of hydrogen-bond acceptors (Lipinski definition) is 4. The van der Waals surface area contributed by atoms with Gasteiger partial charge in [0, 0.05) is 44.8 Å². The number of aryl methyl sites for hydroxylation is 1. The Morgan fingerprint density at radius 1 is 0.909 bits per heavy atom. The van der Waals surface area contributed by atoms with Gasteiger partial charge in [0.2, 0.25) is 10.0 Å². The van der Waals surface area contributed by atoms with Gasteiger partial charge in [-0.15, -0.1) is 0 Å². The number of amides is 1. The fourth-order valence-electron chi connectivity index (χ4n) is 5.00. The molecule has 0 saturated carbocycles. The summed E-state index contributed by atoms with van der Waals surface area (Å²) in [7, 11) is -3.31. The molecule has 6 nitrogen and oxygen atoms in total. The van der Waals surface area contributed by atoms with Crippen LogP contribution < -0.4 is 4.31 Å². The first-order valence-corrected chi connectivity index (χ1v) is 13.3. The maximum atomic E-state index is 13.2. The average Bonchev–Trinajstić information content (AvgIpc) is 2.83. The van der Waals surface area contributed by atoms with Crippen molar-refractivity contribution in [1.29, 1.82) is 0 Å². The number of nitrogens with zero attached hydrogens (tertiary/aromatic N) is 3. The van der Waals surface area contributed by atoms with Crippen molar-refractivity contribution in [1.82, 2.24) is 9.80 Å². The van der Waals surface area contributed by atoms with E-state index in [1.807, 2.05) is 11.0 Å². The first kappa shape index (κ1) is 21.9. The standard InChI is InChI=1S/C26H29N3O3S/c1-33(31,32)29-13-5-9-21-18-22(11-12-25(21)29)26(30)28-16-14-27(15-17-28)19-23-8-4-7-20-6-2-3-10-24(20)23/h2-4,6-8,10-12,18H,5,9,13-17,19H2,1H3. The van der Waals surface area contributed by atoms with E-state index in [-0.39, 0.29) is 5.91 Å². The van der Waals surface area contributed by atoms with Crippen molar-refractivity contribution in [2.75, 3.05) is 43.3 Å². The zero-order valence-electron chi connectivity index (χ0n) is 18.9. The Labute approximate surface area is 195 Å². The smallest absolute Gasteiger partial charge is 0.253 e. The molecule has 2 aliphatic heterocycles. The number of fused-ring (bicyclic) bond motifs is 2. The van der Waals surface area contributed by atoms with Gasteiger partial charge in [-0.25, -0.2) is 8.42 Å². The molecule has 1 amide bonds. The number of sulfonamides is 1. The highest BCUT2D eigenvalue weighted by Gasteiger charge is 2.27. The van der Waals surface area contributed by atoms with Crippen LogP contribution in [0.4, 0.5) is 5.69 Å². The van der Waals surface area contributed by atoms with E-state index in [4.69, 9.17) is 0 Å². The van der Waals surface area contributed by atoms with Gasteiger partial charge in [0.25, 0.3) is 5.91 Å². The molecule has 0 aromatic heterocycles. The molecule has 7 heteroatoms. The predicted octanol–water partition coefficient (Wildman–Crippen LogP) is 3.51. The van der Waals surface area contributed by atoms with E-state index in [1.54, 1.807) is 12.1 Å². The molecule has 3 aromatic carbocycles. The van der Waals surface area contributed by atoms with Crippen molar-refractivity contribution in [2.24, 2.45) is 0 Å². The Bertz CT molecular complexity index is 1290. The first-order chi connectivity index (χ1) is 15.9. The molecule has 2 heterocycles. The maximum absolute atomic E-state index is 13.2. The third kappa shape index (κ3) is 4.48. The van der Waals surface area contributed by atoms with E-state index in [0.29, 0.717) is 30.9 Å². The van der Waals surface area contributed by atoms with E-state index in [9.17, 15) is 13.2 Å². The fourth-order valence-corrected chi connectivity index (χ4v) is 6.00. The highest BCUT2D eigenvalue weighted by Crippen LogP contribution is 2.30. The quantitative estimate of drug-likeness (QED) is 0.594. The SMILES string of the molecule is CS(=O)(=O)N1CCCc2cc(C(=O)N3CCN(Cc4cccc5ccccc45)CC3)ccc21. The van der Waals surface area contributed by atoms with Gasteiger partial charge in [-0.1, -0.05) is 42.5 Å². The molecular weight excluding hydrogens is 434 g/mol. The molecule has 0 spiro atoms. The Hall–Kier alpha value is -2.90. The van der Waals surface area contributed by atoms with Crippen LogP contribution in [-0.2, 0) is 23.0 Å². The molecule has 172 valence electrons. The molecule has 0 atom stereocenters. The highest BCUT2D eigenvalue weighted by molar-refractivity contribution is 7.92. The van der Waals surface area contributed by atoms with Crippen LogP contribution in [0.15, 0.2) is 60.7 Å². The van der Waals surface area contributed by atoms with Crippen molar-refractivity contribution in [3.05, 3.63) is 77.4 Å². The van der Waals surface area contributed by atoms with Crippen LogP contribution in [-0.4, -0.2) is 63.1 Å². The lowest BCUT2D eigenvalue weighted by Gasteiger charge is -2.35. The summed E-state index contributed by atoms with van der Waals surface area (Å²) in [6.07, 6.45) is 2.80. The topological polar surface area (TPSA) is 60.9 Å². The van der Waals surface area contributed by atoms with E-state index in [1.165, 1.54) is 26.9 Å². The van der Waals surface area contributed by atoms with Gasteiger partial charge >= 0.3 is 0 Å². The summed E-state index contributed by atoms with van der Waals surface area (Å²) >= 11 is 0. The Kier molecular flexibility index (Phi) is 5.85. The Morgan fingerprint density at radius 2 is 1.67 bits per heavy atom. The molecule has 33 heavy (non-hydrogen) atoms. The molecule has 1 fully saturated rings. The number of hydrogen-bond donors (Lipinski definition) is 0. The lowest BCUT2D eigenvalue weighted by Crippen LogP contribution is -2.48. The molecule has 2 aliphatic rings. The van der Waals surface area contributed by atoms with Gasteiger partial charge in [0.15, 0.2) is 0 Å². The van der Waals surface area contributed by atoms with Gasteiger partial charge in [-0.2, -0.15) is 0 Å². The first-order valence-electron chi connectivity index (χ1n) is 11.5. The Balaban J connectivity index is 1.25. The van der Waals surface area contributed by atoms with Crippen molar-refractivity contribution in [3.63, 3.8) is 0 Å². The number of rotatable bonds is 4. The summed E-state index contributed by atoms with van der Waals surface area (Å²) in [6, 6.07) is 20.3. The number of piperazine rings is 1. The van der Waals surface area contributed by atoms with Crippen LogP contribution >= 0.6 is 0 Å². The minimum absolute atomic E-state index is 0.0269. The van der Waals surface area contributed by atoms with Crippen LogP contribution in [0.1, 0.15) is 27.9 Å². The Morgan fingerprint density at radius 3 is 2.45 bits per heavy atom. The molecule has 5 rings (SSSR count). The van der Waals surface area contributed by atoms with E-state index < -0.39 is 10.0 Å². The van der Waals surface area contributed by atoms with E-state index in [0.717, 1.165) is 38.0 Å². The predicted molar refractivity (Wildman–Crippen MR) is 132 cm³/mol. The monoisotopic (exact) mass is 463 g/mol. The van der Waals surface area contributed by atoms with Crippen LogP contribution in [0.5, 0.6) is 0 Å². The summed E-state index contributed by atoms with van der Waals surface area (Å²) in [5.41, 5.74) is 3.61. The second kappa shape index (κ2) is 8.80. The third-order valence-corrected chi connectivity index (χ3v) is 7.92. The summed E-state index contributed by atoms with van der Waals surface area (Å²) in [6.45, 7) is 4.43. The van der Waals surface area contributed by atoms with E-state index in [2.05, 4.69) is 47.4 Å². The number of benzene rings is 3. The summed E-state index contributed by atoms with van der Waals surface area (Å²) < 4.78 is 25.6. The van der Waals surface area contributed by atoms with Crippen LogP contribution in [0, 0.1) is 0 Å². The van der Waals surface area contributed by atoms with Crippen molar-refractivity contribution in [3.8, 4) is 0 Å². The lowest BCUT2D eigenvalue weighted by molar-refractivity contribution is 0.0629. The maximum Gasteiger partial charge on any atom is 0.253 e. The van der Waals surface area contributed by atoms with Gasteiger partial charge in [-0.05, 0) is 52.9 Å². The highest BCUT2D eigenvalue weighted by atomic mass is 32.2. The third-order valence-electron chi connectivity index (χ3n) is 6.74. The minimum atomic E-state index is -3.31. The van der Waals surface area contributed by atoms with Crippen LogP contribution in [0.25, 0.3) is 10.8 Å². The second-order valence-electron chi connectivity index (χ2n) is 8.99. The zero-order chi connectivity index (χ0) is 23.0. The van der Waals surface area contributed by atoms with Gasteiger partial charge in [0.1, 0.15) is 0 Å². The summed E-state index contributed by atoms with van der Waals surface area (Å²) in [4.78, 5) is 17.5. The normalized spacial score (nSPS) is 17.2. The summed E-state index contributed by atoms with van der Waals surface area (Å²) in [5, 5.41) is 2.54. The molecule has 0 radical (unpaired) electrons. The molecule has 3 aromatic rings. The molecule has 0 N–H and O–H groups in total. The molecular formula is C26H29N3O3S. The molecule has 0 bridgehead atoms.